The minimum absolute atomic E-state index is 0.0760. The first-order chi connectivity index (χ1) is 8.71. The fraction of sp³-hybridized carbons (Fsp3) is 0.727. The van der Waals surface area contributed by atoms with Crippen molar-refractivity contribution in [1.82, 2.24) is 0 Å². The number of fused-ring (bicyclic) bond motifs is 2. The van der Waals surface area contributed by atoms with Crippen molar-refractivity contribution < 1.29 is 19.0 Å². The van der Waals surface area contributed by atoms with E-state index in [2.05, 4.69) is 0 Å². The molecular formula is C11H12Cl4O4. The normalized spacial score (nSPS) is 39.8. The van der Waals surface area contributed by atoms with Gasteiger partial charge >= 0.3 is 5.97 Å². The summed E-state index contributed by atoms with van der Waals surface area (Å²) in [5.41, 5.74) is 0. The third-order valence-corrected chi connectivity index (χ3v) is 6.22. The molecule has 0 aliphatic heterocycles. The topological polar surface area (TPSA) is 44.8 Å². The molecule has 4 nitrogen and oxygen atoms in total. The fourth-order valence-electron chi connectivity index (χ4n) is 2.91. The van der Waals surface area contributed by atoms with Crippen LogP contribution in [0, 0.1) is 0 Å². The van der Waals surface area contributed by atoms with Crippen LogP contribution in [0.25, 0.3) is 0 Å². The van der Waals surface area contributed by atoms with Crippen molar-refractivity contribution >= 4 is 52.4 Å². The number of hydrogen-bond acceptors (Lipinski definition) is 4. The molecule has 8 heteroatoms. The van der Waals surface area contributed by atoms with Gasteiger partial charge in [0.15, 0.2) is 4.87 Å². The third kappa shape index (κ3) is 1.59. The van der Waals surface area contributed by atoms with Crippen LogP contribution in [0.4, 0.5) is 0 Å². The second kappa shape index (κ2) is 4.65. The number of carbonyl (C=O) groups is 1. The monoisotopic (exact) mass is 348 g/mol. The van der Waals surface area contributed by atoms with E-state index in [-0.39, 0.29) is 16.5 Å². The van der Waals surface area contributed by atoms with Crippen LogP contribution >= 0.6 is 46.4 Å². The first kappa shape index (κ1) is 15.7. The molecule has 2 aliphatic rings. The zero-order chi connectivity index (χ0) is 14.6. The Morgan fingerprint density at radius 2 is 1.74 bits per heavy atom. The largest absolute Gasteiger partial charge is 0.460 e. The molecule has 1 saturated carbocycles. The van der Waals surface area contributed by atoms with Crippen LogP contribution in [-0.4, -0.2) is 41.8 Å². The summed E-state index contributed by atoms with van der Waals surface area (Å²) in [5.74, 6) is -2.00. The number of halogens is 4. The third-order valence-electron chi connectivity index (χ3n) is 3.65. The van der Waals surface area contributed by atoms with Gasteiger partial charge in [0, 0.05) is 27.6 Å². The second-order valence-electron chi connectivity index (χ2n) is 4.47. The lowest BCUT2D eigenvalue weighted by Crippen LogP contribution is -2.58. The fourth-order valence-corrected chi connectivity index (χ4v) is 4.88. The summed E-state index contributed by atoms with van der Waals surface area (Å²) in [4.78, 5) is 8.44. The van der Waals surface area contributed by atoms with Crippen molar-refractivity contribution in [1.29, 1.82) is 0 Å². The zero-order valence-electron chi connectivity index (χ0n) is 10.4. The van der Waals surface area contributed by atoms with E-state index in [1.54, 1.807) is 0 Å². The van der Waals surface area contributed by atoms with Gasteiger partial charge in [0.1, 0.15) is 11.0 Å². The molecule has 0 spiro atoms. The van der Waals surface area contributed by atoms with Crippen LogP contribution in [0.2, 0.25) is 0 Å². The van der Waals surface area contributed by atoms with E-state index in [0.717, 1.165) is 0 Å². The highest BCUT2D eigenvalue weighted by Gasteiger charge is 2.82. The van der Waals surface area contributed by atoms with Gasteiger partial charge in [0.2, 0.25) is 5.79 Å². The smallest absolute Gasteiger partial charge is 0.302 e. The maximum atomic E-state index is 11.2. The molecule has 2 rings (SSSR count). The Morgan fingerprint density at radius 1 is 1.21 bits per heavy atom. The molecule has 19 heavy (non-hydrogen) atoms. The van der Waals surface area contributed by atoms with Crippen LogP contribution in [0.15, 0.2) is 10.1 Å². The van der Waals surface area contributed by atoms with Gasteiger partial charge in [-0.2, -0.15) is 0 Å². The van der Waals surface area contributed by atoms with Crippen molar-refractivity contribution in [3.63, 3.8) is 0 Å². The standard InChI is InChI=1S/C11H12Cl4O4/c1-5(16)19-6-4-9(14)7(12)8(13)10(6,15)11(9,17-2)18-3/h6H,4H2,1-3H3/t6-,9+,10+/m1/s1. The molecule has 1 fully saturated rings. The second-order valence-corrected chi connectivity index (χ2v) is 6.47. The van der Waals surface area contributed by atoms with Crippen molar-refractivity contribution in [3.8, 4) is 0 Å². The summed E-state index contributed by atoms with van der Waals surface area (Å²) in [6.45, 7) is 1.27. The Morgan fingerprint density at radius 3 is 2.11 bits per heavy atom. The number of rotatable bonds is 3. The first-order valence-electron chi connectivity index (χ1n) is 5.43. The molecule has 3 atom stereocenters. The van der Waals surface area contributed by atoms with Gasteiger partial charge in [-0.05, 0) is 0 Å². The quantitative estimate of drug-likeness (QED) is 0.446. The highest BCUT2D eigenvalue weighted by molar-refractivity contribution is 6.52. The van der Waals surface area contributed by atoms with E-state index < -0.39 is 27.6 Å². The maximum Gasteiger partial charge on any atom is 0.302 e. The Kier molecular flexibility index (Phi) is 3.84. The average Bonchev–Trinajstić information content (AvgIpc) is 2.60. The lowest BCUT2D eigenvalue weighted by atomic mass is 10.0. The maximum absolute atomic E-state index is 11.2. The SMILES string of the molecule is COC1(OC)[C@@]2(Cl)C(Cl)=C(Cl)[C@@]1(Cl)C[C@H]2OC(C)=O. The predicted octanol–water partition coefficient (Wildman–Crippen LogP) is 2.97. The van der Waals surface area contributed by atoms with E-state index in [9.17, 15) is 4.79 Å². The van der Waals surface area contributed by atoms with Crippen molar-refractivity contribution in [2.75, 3.05) is 14.2 Å². The number of esters is 1. The molecule has 0 radical (unpaired) electrons. The molecule has 2 bridgehead atoms. The van der Waals surface area contributed by atoms with Gasteiger partial charge in [-0.1, -0.05) is 23.2 Å². The molecule has 108 valence electrons. The summed E-state index contributed by atoms with van der Waals surface area (Å²) in [5, 5.41) is 0.227. The molecule has 0 unspecified atom stereocenters. The average molecular weight is 350 g/mol. The van der Waals surface area contributed by atoms with E-state index in [1.807, 2.05) is 0 Å². The van der Waals surface area contributed by atoms with Crippen LogP contribution in [-0.2, 0) is 19.0 Å². The van der Waals surface area contributed by atoms with E-state index in [4.69, 9.17) is 60.6 Å². The minimum Gasteiger partial charge on any atom is -0.460 e. The number of carbonyl (C=O) groups excluding carboxylic acids is 1. The van der Waals surface area contributed by atoms with Crippen LogP contribution < -0.4 is 0 Å². The lowest BCUT2D eigenvalue weighted by Gasteiger charge is -2.40. The Balaban J connectivity index is 2.61. The molecule has 0 heterocycles. The molecule has 0 N–H and O–H groups in total. The molecule has 0 aromatic carbocycles. The van der Waals surface area contributed by atoms with E-state index >= 15 is 0 Å². The van der Waals surface area contributed by atoms with Crippen molar-refractivity contribution in [3.05, 3.63) is 10.1 Å². The molecular weight excluding hydrogens is 338 g/mol. The van der Waals surface area contributed by atoms with Crippen molar-refractivity contribution in [2.45, 2.75) is 35.0 Å². The van der Waals surface area contributed by atoms with Crippen molar-refractivity contribution in [2.24, 2.45) is 0 Å². The molecule has 2 aliphatic carbocycles. The summed E-state index contributed by atoms with van der Waals surface area (Å²) in [6.07, 6.45) is -0.645. The van der Waals surface area contributed by atoms with Gasteiger partial charge in [-0.15, -0.1) is 23.2 Å². The highest BCUT2D eigenvalue weighted by atomic mass is 35.5. The molecule has 0 amide bonds. The zero-order valence-corrected chi connectivity index (χ0v) is 13.5. The highest BCUT2D eigenvalue weighted by Crippen LogP contribution is 2.70. The molecule has 0 aromatic heterocycles. The molecule has 0 saturated heterocycles. The number of ether oxygens (including phenoxy) is 3. The predicted molar refractivity (Wildman–Crippen MR) is 72.8 cm³/mol. The van der Waals surface area contributed by atoms with Gasteiger partial charge in [0.25, 0.3) is 0 Å². The van der Waals surface area contributed by atoms with Crippen LogP contribution in [0.5, 0.6) is 0 Å². The van der Waals surface area contributed by atoms with Crippen LogP contribution in [0.1, 0.15) is 13.3 Å². The van der Waals surface area contributed by atoms with Gasteiger partial charge in [-0.25, -0.2) is 0 Å². The summed E-state index contributed by atoms with van der Waals surface area (Å²) in [7, 11) is 2.77. The van der Waals surface area contributed by atoms with Gasteiger partial charge in [0.05, 0.1) is 10.1 Å². The van der Waals surface area contributed by atoms with Gasteiger partial charge in [-0.3, -0.25) is 4.79 Å². The summed E-state index contributed by atoms with van der Waals surface area (Å²) in [6, 6.07) is 0. The number of hydrogen-bond donors (Lipinski definition) is 0. The lowest BCUT2D eigenvalue weighted by molar-refractivity contribution is -0.222. The Bertz CT molecular complexity index is 462. The van der Waals surface area contributed by atoms with E-state index in [1.165, 1.54) is 21.1 Å². The summed E-state index contributed by atoms with van der Waals surface area (Å²) < 4.78 is 16.0. The minimum atomic E-state index is -1.50. The first-order valence-corrected chi connectivity index (χ1v) is 6.94. The Labute approximate surface area is 130 Å². The van der Waals surface area contributed by atoms with Gasteiger partial charge < -0.3 is 14.2 Å². The molecule has 0 aromatic rings. The number of methoxy groups -OCH3 is 2. The summed E-state index contributed by atoms with van der Waals surface area (Å²) >= 11 is 25.5. The number of alkyl halides is 2. The van der Waals surface area contributed by atoms with E-state index in [0.29, 0.717) is 0 Å². The Hall–Kier alpha value is 0.290. The van der Waals surface area contributed by atoms with Crippen LogP contribution in [0.3, 0.4) is 0 Å².